The fourth-order valence-corrected chi connectivity index (χ4v) is 3.80. The van der Waals surface area contributed by atoms with Crippen molar-refractivity contribution in [3.05, 3.63) is 0 Å². The number of aliphatic carboxylic acids is 1. The minimum absolute atomic E-state index is 0.114. The number of hydrogen-bond acceptors (Lipinski definition) is 2. The quantitative estimate of drug-likeness (QED) is 0.820. The van der Waals surface area contributed by atoms with Crippen LogP contribution in [0.4, 0.5) is 0 Å². The SMILES string of the molecule is CCN(C1CCCCC1)C1CCCC1C(=O)O. The largest absolute Gasteiger partial charge is 0.481 e. The van der Waals surface area contributed by atoms with E-state index in [9.17, 15) is 9.90 Å². The van der Waals surface area contributed by atoms with Crippen LogP contribution in [0, 0.1) is 5.92 Å². The molecule has 0 amide bonds. The van der Waals surface area contributed by atoms with Gasteiger partial charge in [0.2, 0.25) is 0 Å². The number of rotatable bonds is 4. The van der Waals surface area contributed by atoms with E-state index in [0.29, 0.717) is 12.1 Å². The molecule has 0 aromatic heterocycles. The molecule has 2 aliphatic rings. The minimum Gasteiger partial charge on any atom is -0.481 e. The maximum absolute atomic E-state index is 11.3. The van der Waals surface area contributed by atoms with Gasteiger partial charge in [-0.3, -0.25) is 9.69 Å². The van der Waals surface area contributed by atoms with Crippen molar-refractivity contribution in [1.82, 2.24) is 4.90 Å². The monoisotopic (exact) mass is 239 g/mol. The Morgan fingerprint density at radius 1 is 1.12 bits per heavy atom. The zero-order valence-electron chi connectivity index (χ0n) is 10.9. The molecule has 0 heterocycles. The summed E-state index contributed by atoms with van der Waals surface area (Å²) in [5, 5.41) is 9.30. The van der Waals surface area contributed by atoms with E-state index in [1.54, 1.807) is 0 Å². The predicted molar refractivity (Wildman–Crippen MR) is 68.0 cm³/mol. The molecule has 17 heavy (non-hydrogen) atoms. The van der Waals surface area contributed by atoms with Crippen LogP contribution in [0.5, 0.6) is 0 Å². The van der Waals surface area contributed by atoms with Gasteiger partial charge in [-0.15, -0.1) is 0 Å². The Balaban J connectivity index is 2.03. The number of carbonyl (C=O) groups is 1. The fraction of sp³-hybridized carbons (Fsp3) is 0.929. The van der Waals surface area contributed by atoms with Gasteiger partial charge < -0.3 is 5.11 Å². The van der Waals surface area contributed by atoms with Crippen LogP contribution < -0.4 is 0 Å². The van der Waals surface area contributed by atoms with Gasteiger partial charge in [0.25, 0.3) is 0 Å². The van der Waals surface area contributed by atoms with E-state index < -0.39 is 5.97 Å². The lowest BCUT2D eigenvalue weighted by Crippen LogP contribution is -2.47. The molecule has 0 aromatic rings. The second-order valence-electron chi connectivity index (χ2n) is 5.57. The molecule has 2 rings (SSSR count). The molecular formula is C14H25NO2. The van der Waals surface area contributed by atoms with E-state index in [4.69, 9.17) is 0 Å². The standard InChI is InChI=1S/C14H25NO2/c1-2-15(11-7-4-3-5-8-11)13-10-6-9-12(13)14(16)17/h11-13H,2-10H2,1H3,(H,16,17). The van der Waals surface area contributed by atoms with Crippen molar-refractivity contribution in [2.45, 2.75) is 70.4 Å². The zero-order chi connectivity index (χ0) is 12.3. The van der Waals surface area contributed by atoms with E-state index in [-0.39, 0.29) is 5.92 Å². The molecule has 0 saturated heterocycles. The Bertz CT molecular complexity index is 261. The lowest BCUT2D eigenvalue weighted by Gasteiger charge is -2.39. The molecule has 0 bridgehead atoms. The summed E-state index contributed by atoms with van der Waals surface area (Å²) in [6, 6.07) is 0.958. The third-order valence-corrected chi connectivity index (χ3v) is 4.63. The van der Waals surface area contributed by atoms with Crippen LogP contribution in [0.15, 0.2) is 0 Å². The van der Waals surface area contributed by atoms with E-state index in [2.05, 4.69) is 11.8 Å². The Hall–Kier alpha value is -0.570. The topological polar surface area (TPSA) is 40.5 Å². The Morgan fingerprint density at radius 2 is 1.82 bits per heavy atom. The molecule has 98 valence electrons. The number of carboxylic acids is 1. The molecule has 0 spiro atoms. The maximum Gasteiger partial charge on any atom is 0.308 e. The summed E-state index contributed by atoms with van der Waals surface area (Å²) in [5.41, 5.74) is 0. The first kappa shape index (κ1) is 12.9. The van der Waals surface area contributed by atoms with Crippen LogP contribution in [-0.4, -0.2) is 34.6 Å². The van der Waals surface area contributed by atoms with Crippen LogP contribution >= 0.6 is 0 Å². The Morgan fingerprint density at radius 3 is 2.41 bits per heavy atom. The van der Waals surface area contributed by atoms with Gasteiger partial charge in [-0.2, -0.15) is 0 Å². The second kappa shape index (κ2) is 5.85. The Kier molecular flexibility index (Phi) is 4.43. The molecule has 3 nitrogen and oxygen atoms in total. The lowest BCUT2D eigenvalue weighted by atomic mass is 9.91. The molecule has 2 aliphatic carbocycles. The molecule has 2 fully saturated rings. The van der Waals surface area contributed by atoms with Gasteiger partial charge in [0, 0.05) is 12.1 Å². The Labute approximate surface area is 104 Å². The van der Waals surface area contributed by atoms with Crippen molar-refractivity contribution in [3.8, 4) is 0 Å². The van der Waals surface area contributed by atoms with Crippen molar-refractivity contribution in [1.29, 1.82) is 0 Å². The predicted octanol–water partition coefficient (Wildman–Crippen LogP) is 2.89. The van der Waals surface area contributed by atoms with Gasteiger partial charge in [-0.05, 0) is 32.2 Å². The van der Waals surface area contributed by atoms with E-state index >= 15 is 0 Å². The van der Waals surface area contributed by atoms with Crippen molar-refractivity contribution in [3.63, 3.8) is 0 Å². The first-order valence-corrected chi connectivity index (χ1v) is 7.22. The molecule has 0 aromatic carbocycles. The summed E-state index contributed by atoms with van der Waals surface area (Å²) in [6.45, 7) is 3.20. The second-order valence-corrected chi connectivity index (χ2v) is 5.57. The summed E-state index contributed by atoms with van der Waals surface area (Å²) >= 11 is 0. The lowest BCUT2D eigenvalue weighted by molar-refractivity contribution is -0.143. The van der Waals surface area contributed by atoms with Gasteiger partial charge in [-0.1, -0.05) is 32.6 Å². The third kappa shape index (κ3) is 2.82. The van der Waals surface area contributed by atoms with E-state index in [1.807, 2.05) is 0 Å². The molecule has 2 saturated carbocycles. The molecule has 0 radical (unpaired) electrons. The summed E-state index contributed by atoms with van der Waals surface area (Å²) in [7, 11) is 0. The van der Waals surface area contributed by atoms with Crippen molar-refractivity contribution in [2.75, 3.05) is 6.54 Å². The highest BCUT2D eigenvalue weighted by molar-refractivity contribution is 5.71. The van der Waals surface area contributed by atoms with Crippen molar-refractivity contribution in [2.24, 2.45) is 5.92 Å². The van der Waals surface area contributed by atoms with Crippen molar-refractivity contribution >= 4 is 5.97 Å². The first-order chi connectivity index (χ1) is 8.24. The average molecular weight is 239 g/mol. The van der Waals surface area contributed by atoms with Gasteiger partial charge in [0.15, 0.2) is 0 Å². The molecule has 2 unspecified atom stereocenters. The van der Waals surface area contributed by atoms with Crippen LogP contribution in [-0.2, 0) is 4.79 Å². The maximum atomic E-state index is 11.3. The molecule has 1 N–H and O–H groups in total. The van der Waals surface area contributed by atoms with E-state index in [1.165, 1.54) is 32.1 Å². The van der Waals surface area contributed by atoms with Crippen LogP contribution in [0.2, 0.25) is 0 Å². The first-order valence-electron chi connectivity index (χ1n) is 7.22. The number of nitrogens with zero attached hydrogens (tertiary/aromatic N) is 1. The molecule has 2 atom stereocenters. The van der Waals surface area contributed by atoms with E-state index in [0.717, 1.165) is 25.8 Å². The molecule has 3 heteroatoms. The van der Waals surface area contributed by atoms with Gasteiger partial charge in [-0.25, -0.2) is 0 Å². The smallest absolute Gasteiger partial charge is 0.308 e. The summed E-state index contributed by atoms with van der Waals surface area (Å²) < 4.78 is 0. The number of hydrogen-bond donors (Lipinski definition) is 1. The third-order valence-electron chi connectivity index (χ3n) is 4.63. The average Bonchev–Trinajstić information content (AvgIpc) is 2.81. The minimum atomic E-state index is -0.582. The highest BCUT2D eigenvalue weighted by Crippen LogP contribution is 2.34. The van der Waals surface area contributed by atoms with Crippen LogP contribution in [0.3, 0.4) is 0 Å². The van der Waals surface area contributed by atoms with Crippen LogP contribution in [0.1, 0.15) is 58.3 Å². The van der Waals surface area contributed by atoms with Crippen molar-refractivity contribution < 1.29 is 9.90 Å². The summed E-state index contributed by atoms with van der Waals surface area (Å²) in [4.78, 5) is 13.8. The fourth-order valence-electron chi connectivity index (χ4n) is 3.80. The molecular weight excluding hydrogens is 214 g/mol. The van der Waals surface area contributed by atoms with Gasteiger partial charge >= 0.3 is 5.97 Å². The molecule has 0 aliphatic heterocycles. The highest BCUT2D eigenvalue weighted by atomic mass is 16.4. The van der Waals surface area contributed by atoms with Crippen LogP contribution in [0.25, 0.3) is 0 Å². The summed E-state index contributed by atoms with van der Waals surface area (Å²) in [5.74, 6) is -0.696. The van der Waals surface area contributed by atoms with Gasteiger partial charge in [0.1, 0.15) is 0 Å². The zero-order valence-corrected chi connectivity index (χ0v) is 10.9. The summed E-state index contributed by atoms with van der Waals surface area (Å²) in [6.07, 6.45) is 9.61. The van der Waals surface area contributed by atoms with Gasteiger partial charge in [0.05, 0.1) is 5.92 Å². The normalized spacial score (nSPS) is 30.9. The number of carboxylic acid groups (broad SMARTS) is 1. The highest BCUT2D eigenvalue weighted by Gasteiger charge is 2.38.